The molecule has 0 aliphatic heterocycles. The van der Waals surface area contributed by atoms with Crippen molar-refractivity contribution in [3.8, 4) is 5.75 Å². The fourth-order valence-electron chi connectivity index (χ4n) is 1.79. The van der Waals surface area contributed by atoms with E-state index in [4.69, 9.17) is 4.74 Å². The van der Waals surface area contributed by atoms with Gasteiger partial charge in [0, 0.05) is 5.38 Å². The van der Waals surface area contributed by atoms with Crippen molar-refractivity contribution in [1.29, 1.82) is 0 Å². The van der Waals surface area contributed by atoms with Crippen molar-refractivity contribution in [3.63, 3.8) is 0 Å². The second-order valence-electron chi connectivity index (χ2n) is 4.41. The van der Waals surface area contributed by atoms with Gasteiger partial charge in [0.05, 0.1) is 31.5 Å². The van der Waals surface area contributed by atoms with Crippen LogP contribution in [0.5, 0.6) is 5.75 Å². The molecule has 1 aromatic carbocycles. The molecule has 8 heteroatoms. The van der Waals surface area contributed by atoms with Crippen molar-refractivity contribution in [3.05, 3.63) is 35.3 Å². The van der Waals surface area contributed by atoms with Crippen molar-refractivity contribution in [2.24, 2.45) is 0 Å². The predicted molar refractivity (Wildman–Crippen MR) is 88.1 cm³/mol. The molecule has 2 amide bonds. The fraction of sp³-hybridized carbons (Fsp3) is 0.267. The van der Waals surface area contributed by atoms with Crippen molar-refractivity contribution < 1.29 is 19.1 Å². The van der Waals surface area contributed by atoms with E-state index in [1.807, 2.05) is 19.1 Å². The van der Waals surface area contributed by atoms with Crippen LogP contribution in [0.1, 0.15) is 12.6 Å². The van der Waals surface area contributed by atoms with Crippen LogP contribution in [0.2, 0.25) is 0 Å². The first-order chi connectivity index (χ1) is 11.1. The van der Waals surface area contributed by atoms with Gasteiger partial charge < -0.3 is 14.8 Å². The van der Waals surface area contributed by atoms with E-state index >= 15 is 0 Å². The van der Waals surface area contributed by atoms with E-state index in [1.54, 1.807) is 17.5 Å². The molecular weight excluding hydrogens is 318 g/mol. The summed E-state index contributed by atoms with van der Waals surface area (Å²) in [5.74, 6) is 0.404. The summed E-state index contributed by atoms with van der Waals surface area (Å²) in [5, 5.41) is 7.34. The summed E-state index contributed by atoms with van der Waals surface area (Å²) in [7, 11) is 1.27. The van der Waals surface area contributed by atoms with Crippen LogP contribution in [-0.2, 0) is 16.0 Å². The number of thiazole rings is 1. The number of rotatable bonds is 6. The number of para-hydroxylation sites is 2. The number of anilines is 2. The lowest BCUT2D eigenvalue weighted by Crippen LogP contribution is -2.15. The second kappa shape index (κ2) is 8.14. The zero-order chi connectivity index (χ0) is 16.7. The number of ether oxygens (including phenoxy) is 2. The Balaban J connectivity index is 1.96. The number of benzene rings is 1. The van der Waals surface area contributed by atoms with Gasteiger partial charge in [-0.2, -0.15) is 0 Å². The minimum Gasteiger partial charge on any atom is -0.492 e. The number of carbonyl (C=O) groups excluding carboxylic acids is 2. The summed E-state index contributed by atoms with van der Waals surface area (Å²) in [4.78, 5) is 27.4. The quantitative estimate of drug-likeness (QED) is 0.847. The molecule has 0 fully saturated rings. The topological polar surface area (TPSA) is 89.6 Å². The standard InChI is InChI=1S/C15H17N3O4S/c1-3-22-12-7-5-4-6-11(12)17-13(19)8-10-9-23-14(16-10)18-15(20)21-2/h4-7,9H,3,8H2,1-2H3,(H,17,19)(H,16,18,20). The Hall–Kier alpha value is -2.61. The van der Waals surface area contributed by atoms with Crippen LogP contribution < -0.4 is 15.4 Å². The van der Waals surface area contributed by atoms with Gasteiger partial charge in [-0.25, -0.2) is 9.78 Å². The maximum absolute atomic E-state index is 12.1. The first-order valence-electron chi connectivity index (χ1n) is 6.93. The summed E-state index contributed by atoms with van der Waals surface area (Å²) in [5.41, 5.74) is 1.18. The zero-order valence-corrected chi connectivity index (χ0v) is 13.6. The highest BCUT2D eigenvalue weighted by Crippen LogP contribution is 2.24. The molecule has 0 radical (unpaired) electrons. The Kier molecular flexibility index (Phi) is 5.93. The van der Waals surface area contributed by atoms with E-state index in [0.29, 0.717) is 28.9 Å². The number of hydrogen-bond donors (Lipinski definition) is 2. The molecule has 0 aliphatic rings. The van der Waals surface area contributed by atoms with Gasteiger partial charge in [0.1, 0.15) is 5.75 Å². The minimum absolute atomic E-state index is 0.0970. The normalized spacial score (nSPS) is 10.0. The highest BCUT2D eigenvalue weighted by Gasteiger charge is 2.11. The Morgan fingerprint density at radius 2 is 2.04 bits per heavy atom. The van der Waals surface area contributed by atoms with Crippen LogP contribution >= 0.6 is 11.3 Å². The van der Waals surface area contributed by atoms with E-state index in [-0.39, 0.29) is 12.3 Å². The molecule has 2 aromatic rings. The molecular formula is C15H17N3O4S. The summed E-state index contributed by atoms with van der Waals surface area (Å²) < 4.78 is 9.94. The average Bonchev–Trinajstić information content (AvgIpc) is 2.96. The Morgan fingerprint density at radius 3 is 2.78 bits per heavy atom. The van der Waals surface area contributed by atoms with Gasteiger partial charge in [-0.05, 0) is 19.1 Å². The van der Waals surface area contributed by atoms with E-state index in [9.17, 15) is 9.59 Å². The first-order valence-corrected chi connectivity index (χ1v) is 7.81. The van der Waals surface area contributed by atoms with Crippen LogP contribution in [0.25, 0.3) is 0 Å². The molecule has 23 heavy (non-hydrogen) atoms. The van der Waals surface area contributed by atoms with Gasteiger partial charge in [-0.15, -0.1) is 11.3 Å². The molecule has 0 atom stereocenters. The molecule has 0 spiro atoms. The van der Waals surface area contributed by atoms with Crippen molar-refractivity contribution >= 4 is 34.2 Å². The lowest BCUT2D eigenvalue weighted by atomic mass is 10.2. The molecule has 0 bridgehead atoms. The third kappa shape index (κ3) is 4.96. The number of nitrogens with zero attached hydrogens (tertiary/aromatic N) is 1. The largest absolute Gasteiger partial charge is 0.492 e. The average molecular weight is 335 g/mol. The molecule has 1 aromatic heterocycles. The van der Waals surface area contributed by atoms with Crippen LogP contribution in [0, 0.1) is 0 Å². The molecule has 122 valence electrons. The number of aromatic nitrogens is 1. The van der Waals surface area contributed by atoms with Gasteiger partial charge in [0.15, 0.2) is 5.13 Å². The molecule has 0 saturated carbocycles. The van der Waals surface area contributed by atoms with Gasteiger partial charge in [-0.3, -0.25) is 10.1 Å². The van der Waals surface area contributed by atoms with Crippen LogP contribution in [0.3, 0.4) is 0 Å². The summed E-state index contributed by atoms with van der Waals surface area (Å²) >= 11 is 1.23. The first kappa shape index (κ1) is 16.8. The maximum Gasteiger partial charge on any atom is 0.413 e. The van der Waals surface area contributed by atoms with Crippen molar-refractivity contribution in [2.45, 2.75) is 13.3 Å². The number of methoxy groups -OCH3 is 1. The van der Waals surface area contributed by atoms with E-state index in [2.05, 4.69) is 20.4 Å². The van der Waals surface area contributed by atoms with Crippen LogP contribution in [-0.4, -0.2) is 30.7 Å². The third-order valence-corrected chi connectivity index (χ3v) is 3.56. The second-order valence-corrected chi connectivity index (χ2v) is 5.27. The summed E-state index contributed by atoms with van der Waals surface area (Å²) in [6.45, 7) is 2.39. The van der Waals surface area contributed by atoms with Gasteiger partial charge >= 0.3 is 6.09 Å². The lowest BCUT2D eigenvalue weighted by Gasteiger charge is -2.10. The van der Waals surface area contributed by atoms with Crippen LogP contribution in [0.15, 0.2) is 29.6 Å². The molecule has 7 nitrogen and oxygen atoms in total. The Morgan fingerprint density at radius 1 is 1.26 bits per heavy atom. The van der Waals surface area contributed by atoms with Crippen molar-refractivity contribution in [2.75, 3.05) is 24.4 Å². The highest BCUT2D eigenvalue weighted by molar-refractivity contribution is 7.13. The number of carbonyl (C=O) groups is 2. The maximum atomic E-state index is 12.1. The third-order valence-electron chi connectivity index (χ3n) is 2.75. The predicted octanol–water partition coefficient (Wildman–Crippen LogP) is 2.90. The molecule has 2 rings (SSSR count). The monoisotopic (exact) mass is 335 g/mol. The number of hydrogen-bond acceptors (Lipinski definition) is 6. The fourth-order valence-corrected chi connectivity index (χ4v) is 2.49. The van der Waals surface area contributed by atoms with Crippen molar-refractivity contribution in [1.82, 2.24) is 4.98 Å². The van der Waals surface area contributed by atoms with Gasteiger partial charge in [0.2, 0.25) is 5.91 Å². The molecule has 0 aliphatic carbocycles. The molecule has 2 N–H and O–H groups in total. The van der Waals surface area contributed by atoms with Crippen LogP contribution in [0.4, 0.5) is 15.6 Å². The van der Waals surface area contributed by atoms with E-state index in [0.717, 1.165) is 0 Å². The smallest absolute Gasteiger partial charge is 0.413 e. The molecule has 1 heterocycles. The Bertz CT molecular complexity index is 687. The van der Waals surface area contributed by atoms with Gasteiger partial charge in [-0.1, -0.05) is 12.1 Å². The minimum atomic E-state index is -0.596. The number of nitrogens with one attached hydrogen (secondary N) is 2. The Labute approximate surface area is 137 Å². The highest BCUT2D eigenvalue weighted by atomic mass is 32.1. The SMILES string of the molecule is CCOc1ccccc1NC(=O)Cc1csc(NC(=O)OC)n1. The van der Waals surface area contributed by atoms with Gasteiger partial charge in [0.25, 0.3) is 0 Å². The summed E-state index contributed by atoms with van der Waals surface area (Å²) in [6.07, 6.45) is -0.499. The number of amides is 2. The molecule has 0 saturated heterocycles. The van der Waals surface area contributed by atoms with E-state index in [1.165, 1.54) is 18.4 Å². The lowest BCUT2D eigenvalue weighted by molar-refractivity contribution is -0.115. The zero-order valence-electron chi connectivity index (χ0n) is 12.8. The summed E-state index contributed by atoms with van der Waals surface area (Å²) in [6, 6.07) is 7.22. The molecule has 0 unspecified atom stereocenters. The van der Waals surface area contributed by atoms with E-state index < -0.39 is 6.09 Å².